The Morgan fingerprint density at radius 3 is 3.13 bits per heavy atom. The van der Waals surface area contributed by atoms with Gasteiger partial charge in [0.05, 0.1) is 5.39 Å². The maximum absolute atomic E-state index is 5.42. The molecule has 0 radical (unpaired) electrons. The molecule has 0 aliphatic heterocycles. The lowest BCUT2D eigenvalue weighted by molar-refractivity contribution is 0.459. The lowest BCUT2D eigenvalue weighted by Gasteiger charge is -2.00. The van der Waals surface area contributed by atoms with Crippen LogP contribution in [0.15, 0.2) is 22.7 Å². The van der Waals surface area contributed by atoms with Crippen LogP contribution in [-0.4, -0.2) is 18.2 Å². The Balaban J connectivity index is 2.23. The first-order chi connectivity index (χ1) is 7.31. The molecular formula is C11H15N3O. The zero-order valence-corrected chi connectivity index (χ0v) is 8.79. The average molecular weight is 205 g/mol. The standard InChI is InChI=1S/C11H15N3O/c1-8-3-4-10-9(7-8)11(14-15-10)13-6-2-5-12/h3-4,7H,2,5-6,12H2,1H3,(H,13,14). The van der Waals surface area contributed by atoms with Crippen molar-refractivity contribution in [3.05, 3.63) is 23.8 Å². The Hall–Kier alpha value is -1.55. The van der Waals surface area contributed by atoms with Gasteiger partial charge in [0.1, 0.15) is 0 Å². The van der Waals surface area contributed by atoms with Crippen molar-refractivity contribution in [1.29, 1.82) is 0 Å². The summed E-state index contributed by atoms with van der Waals surface area (Å²) >= 11 is 0. The minimum absolute atomic E-state index is 0.682. The second-order valence-corrected chi connectivity index (χ2v) is 3.60. The number of hydrogen-bond donors (Lipinski definition) is 2. The van der Waals surface area contributed by atoms with Crippen LogP contribution < -0.4 is 11.1 Å². The Morgan fingerprint density at radius 1 is 1.47 bits per heavy atom. The minimum Gasteiger partial charge on any atom is -0.367 e. The molecule has 2 rings (SSSR count). The van der Waals surface area contributed by atoms with Crippen molar-refractivity contribution >= 4 is 16.8 Å². The Kier molecular flexibility index (Phi) is 2.87. The summed E-state index contributed by atoms with van der Waals surface area (Å²) in [4.78, 5) is 0. The van der Waals surface area contributed by atoms with Crippen LogP contribution in [0.1, 0.15) is 12.0 Å². The van der Waals surface area contributed by atoms with E-state index < -0.39 is 0 Å². The van der Waals surface area contributed by atoms with Gasteiger partial charge in [0.25, 0.3) is 0 Å². The molecule has 1 heterocycles. The lowest BCUT2D eigenvalue weighted by atomic mass is 10.2. The number of nitrogens with two attached hydrogens (primary N) is 1. The predicted octanol–water partition coefficient (Wildman–Crippen LogP) is 1.90. The van der Waals surface area contributed by atoms with E-state index in [0.29, 0.717) is 6.54 Å². The molecule has 0 spiro atoms. The van der Waals surface area contributed by atoms with Gasteiger partial charge in [-0.2, -0.15) is 0 Å². The van der Waals surface area contributed by atoms with E-state index in [9.17, 15) is 0 Å². The van der Waals surface area contributed by atoms with Gasteiger partial charge >= 0.3 is 0 Å². The van der Waals surface area contributed by atoms with Crippen LogP contribution in [0, 0.1) is 6.92 Å². The molecule has 0 saturated carbocycles. The highest BCUT2D eigenvalue weighted by Gasteiger charge is 2.06. The van der Waals surface area contributed by atoms with E-state index in [4.69, 9.17) is 10.3 Å². The summed E-state index contributed by atoms with van der Waals surface area (Å²) in [5.74, 6) is 0.808. The quantitative estimate of drug-likeness (QED) is 0.748. The monoisotopic (exact) mass is 205 g/mol. The van der Waals surface area contributed by atoms with Crippen molar-refractivity contribution < 1.29 is 4.52 Å². The molecule has 0 fully saturated rings. The number of rotatable bonds is 4. The fourth-order valence-electron chi connectivity index (χ4n) is 1.49. The van der Waals surface area contributed by atoms with Gasteiger partial charge in [-0.1, -0.05) is 16.8 Å². The van der Waals surface area contributed by atoms with Crippen molar-refractivity contribution in [1.82, 2.24) is 5.16 Å². The Labute approximate surface area is 88.4 Å². The highest BCUT2D eigenvalue weighted by molar-refractivity contribution is 5.88. The second kappa shape index (κ2) is 4.31. The second-order valence-electron chi connectivity index (χ2n) is 3.60. The lowest BCUT2D eigenvalue weighted by Crippen LogP contribution is -2.08. The molecule has 15 heavy (non-hydrogen) atoms. The summed E-state index contributed by atoms with van der Waals surface area (Å²) in [5, 5.41) is 8.23. The van der Waals surface area contributed by atoms with E-state index in [0.717, 1.165) is 29.8 Å². The number of aromatic nitrogens is 1. The molecule has 0 unspecified atom stereocenters. The van der Waals surface area contributed by atoms with Crippen molar-refractivity contribution in [2.75, 3.05) is 18.4 Å². The third-order valence-corrected chi connectivity index (χ3v) is 2.30. The highest BCUT2D eigenvalue weighted by atomic mass is 16.5. The van der Waals surface area contributed by atoms with E-state index in [2.05, 4.69) is 23.5 Å². The molecule has 0 saturated heterocycles. The molecule has 2 aromatic rings. The maximum atomic E-state index is 5.42. The summed E-state index contributed by atoms with van der Waals surface area (Å²) in [7, 11) is 0. The van der Waals surface area contributed by atoms with Crippen LogP contribution in [0.3, 0.4) is 0 Å². The fraction of sp³-hybridized carbons (Fsp3) is 0.364. The molecule has 0 atom stereocenters. The highest BCUT2D eigenvalue weighted by Crippen LogP contribution is 2.23. The van der Waals surface area contributed by atoms with Crippen LogP contribution in [0.5, 0.6) is 0 Å². The molecule has 0 amide bonds. The maximum Gasteiger partial charge on any atom is 0.177 e. The van der Waals surface area contributed by atoms with Crippen LogP contribution >= 0.6 is 0 Å². The molecule has 80 valence electrons. The van der Waals surface area contributed by atoms with E-state index in [1.54, 1.807) is 0 Å². The van der Waals surface area contributed by atoms with Crippen LogP contribution in [0.2, 0.25) is 0 Å². The van der Waals surface area contributed by atoms with Gasteiger partial charge in [-0.3, -0.25) is 0 Å². The van der Waals surface area contributed by atoms with Crippen LogP contribution in [-0.2, 0) is 0 Å². The topological polar surface area (TPSA) is 64.1 Å². The summed E-state index contributed by atoms with van der Waals surface area (Å²) < 4.78 is 5.19. The molecule has 4 nitrogen and oxygen atoms in total. The molecule has 1 aromatic carbocycles. The Bertz CT molecular complexity index is 450. The summed E-state index contributed by atoms with van der Waals surface area (Å²) in [6, 6.07) is 6.01. The van der Waals surface area contributed by atoms with E-state index >= 15 is 0 Å². The number of hydrogen-bond acceptors (Lipinski definition) is 4. The largest absolute Gasteiger partial charge is 0.367 e. The zero-order valence-electron chi connectivity index (χ0n) is 8.79. The molecule has 4 heteroatoms. The molecular weight excluding hydrogens is 190 g/mol. The smallest absolute Gasteiger partial charge is 0.177 e. The van der Waals surface area contributed by atoms with Crippen LogP contribution in [0.4, 0.5) is 5.82 Å². The van der Waals surface area contributed by atoms with Gasteiger partial charge in [-0.05, 0) is 32.0 Å². The van der Waals surface area contributed by atoms with E-state index in [-0.39, 0.29) is 0 Å². The van der Waals surface area contributed by atoms with E-state index in [1.807, 2.05) is 12.1 Å². The third kappa shape index (κ3) is 2.10. The van der Waals surface area contributed by atoms with Crippen molar-refractivity contribution in [2.24, 2.45) is 5.73 Å². The third-order valence-electron chi connectivity index (χ3n) is 2.30. The summed E-state index contributed by atoms with van der Waals surface area (Å²) in [6.07, 6.45) is 0.931. The number of benzene rings is 1. The number of fused-ring (bicyclic) bond motifs is 1. The average Bonchev–Trinajstić information content (AvgIpc) is 2.62. The SMILES string of the molecule is Cc1ccc2onc(NCCCN)c2c1. The predicted molar refractivity (Wildman–Crippen MR) is 60.9 cm³/mol. The Morgan fingerprint density at radius 2 is 2.33 bits per heavy atom. The normalized spacial score (nSPS) is 10.8. The molecule has 0 aliphatic carbocycles. The first-order valence-corrected chi connectivity index (χ1v) is 5.11. The first kappa shape index (κ1) is 9.98. The molecule has 3 N–H and O–H groups in total. The number of aryl methyl sites for hydroxylation is 1. The van der Waals surface area contributed by atoms with Gasteiger partial charge in [-0.15, -0.1) is 0 Å². The number of anilines is 1. The minimum atomic E-state index is 0.682. The summed E-state index contributed by atoms with van der Waals surface area (Å²) in [6.45, 7) is 3.56. The summed E-state index contributed by atoms with van der Waals surface area (Å²) in [5.41, 5.74) is 7.44. The van der Waals surface area contributed by atoms with Gasteiger partial charge < -0.3 is 15.6 Å². The molecule has 0 bridgehead atoms. The number of nitrogens with one attached hydrogen (secondary N) is 1. The zero-order chi connectivity index (χ0) is 10.7. The van der Waals surface area contributed by atoms with Gasteiger partial charge in [0.2, 0.25) is 0 Å². The van der Waals surface area contributed by atoms with Crippen LogP contribution in [0.25, 0.3) is 11.0 Å². The van der Waals surface area contributed by atoms with Crippen molar-refractivity contribution in [3.8, 4) is 0 Å². The molecule has 1 aromatic heterocycles. The van der Waals surface area contributed by atoms with Crippen molar-refractivity contribution in [3.63, 3.8) is 0 Å². The van der Waals surface area contributed by atoms with Gasteiger partial charge in [0.15, 0.2) is 11.4 Å². The molecule has 0 aliphatic rings. The van der Waals surface area contributed by atoms with Crippen molar-refractivity contribution in [2.45, 2.75) is 13.3 Å². The fourth-order valence-corrected chi connectivity index (χ4v) is 1.49. The first-order valence-electron chi connectivity index (χ1n) is 5.11. The number of nitrogens with zero attached hydrogens (tertiary/aromatic N) is 1. The van der Waals surface area contributed by atoms with Gasteiger partial charge in [-0.25, -0.2) is 0 Å². The van der Waals surface area contributed by atoms with E-state index in [1.165, 1.54) is 5.56 Å². The van der Waals surface area contributed by atoms with Gasteiger partial charge in [0, 0.05) is 6.54 Å².